The van der Waals surface area contributed by atoms with Gasteiger partial charge in [-0.25, -0.2) is 0 Å². The van der Waals surface area contributed by atoms with Crippen molar-refractivity contribution in [2.24, 2.45) is 5.92 Å². The molecule has 0 bridgehead atoms. The molecule has 0 amide bonds. The number of hydrogen-bond donors (Lipinski definition) is 1. The number of benzene rings is 1. The van der Waals surface area contributed by atoms with E-state index in [9.17, 15) is 10.1 Å². The number of rotatable bonds is 6. The van der Waals surface area contributed by atoms with Crippen LogP contribution in [0.1, 0.15) is 33.6 Å². The maximum atomic E-state index is 10.9. The third kappa shape index (κ3) is 4.53. The molecule has 0 saturated carbocycles. The molecule has 0 heterocycles. The molecule has 18 heavy (non-hydrogen) atoms. The normalized spacial score (nSPS) is 12.5. The first kappa shape index (κ1) is 14.8. The zero-order valence-electron chi connectivity index (χ0n) is 10.9. The molecule has 1 atom stereocenters. The van der Waals surface area contributed by atoms with Crippen LogP contribution >= 0.6 is 11.6 Å². The topological polar surface area (TPSA) is 55.2 Å². The van der Waals surface area contributed by atoms with Crippen molar-refractivity contribution in [3.8, 4) is 0 Å². The summed E-state index contributed by atoms with van der Waals surface area (Å²) in [5, 5.41) is 14.6. The Balaban J connectivity index is 2.76. The molecule has 1 N–H and O–H groups in total. The number of nitrogens with zero attached hydrogens (tertiary/aromatic N) is 1. The van der Waals surface area contributed by atoms with Crippen molar-refractivity contribution < 1.29 is 4.92 Å². The third-order valence-electron chi connectivity index (χ3n) is 2.73. The van der Waals surface area contributed by atoms with Gasteiger partial charge in [-0.1, -0.05) is 25.4 Å². The first-order chi connectivity index (χ1) is 8.40. The van der Waals surface area contributed by atoms with E-state index in [2.05, 4.69) is 19.2 Å². The van der Waals surface area contributed by atoms with Crippen LogP contribution in [0, 0.1) is 16.0 Å². The maximum absolute atomic E-state index is 10.9. The molecule has 100 valence electrons. The molecule has 1 unspecified atom stereocenters. The monoisotopic (exact) mass is 270 g/mol. The Morgan fingerprint density at radius 2 is 2.00 bits per heavy atom. The summed E-state index contributed by atoms with van der Waals surface area (Å²) < 4.78 is 0. The van der Waals surface area contributed by atoms with Gasteiger partial charge in [0.25, 0.3) is 5.69 Å². The Labute approximate surface area is 112 Å². The lowest BCUT2D eigenvalue weighted by molar-refractivity contribution is -0.384. The number of nitro benzene ring substituents is 1. The number of nitrogens with one attached hydrogen (secondary N) is 1. The van der Waals surface area contributed by atoms with E-state index in [1.165, 1.54) is 12.1 Å². The minimum atomic E-state index is -0.395. The summed E-state index contributed by atoms with van der Waals surface area (Å²) in [4.78, 5) is 10.5. The van der Waals surface area contributed by atoms with Crippen molar-refractivity contribution >= 4 is 23.0 Å². The summed E-state index contributed by atoms with van der Waals surface area (Å²) >= 11 is 5.87. The van der Waals surface area contributed by atoms with Gasteiger partial charge < -0.3 is 5.32 Å². The zero-order valence-corrected chi connectivity index (χ0v) is 11.7. The van der Waals surface area contributed by atoms with Gasteiger partial charge in [0.15, 0.2) is 0 Å². The van der Waals surface area contributed by atoms with E-state index in [0.717, 1.165) is 12.8 Å². The average Bonchev–Trinajstić information content (AvgIpc) is 2.26. The molecule has 0 saturated heterocycles. The fourth-order valence-electron chi connectivity index (χ4n) is 1.70. The lowest BCUT2D eigenvalue weighted by Gasteiger charge is -2.16. The smallest absolute Gasteiger partial charge is 0.292 e. The number of hydrogen-bond acceptors (Lipinski definition) is 3. The van der Waals surface area contributed by atoms with E-state index in [-0.39, 0.29) is 11.7 Å². The number of halogens is 1. The molecule has 4 nitrogen and oxygen atoms in total. The molecular weight excluding hydrogens is 252 g/mol. The molecule has 0 aliphatic carbocycles. The second kappa shape index (κ2) is 6.59. The van der Waals surface area contributed by atoms with Gasteiger partial charge in [-0.15, -0.1) is 0 Å². The first-order valence-corrected chi connectivity index (χ1v) is 6.48. The molecular formula is C13H19ClN2O2. The van der Waals surface area contributed by atoms with Gasteiger partial charge in [-0.3, -0.25) is 10.1 Å². The van der Waals surface area contributed by atoms with Crippen molar-refractivity contribution in [2.75, 3.05) is 5.32 Å². The highest BCUT2D eigenvalue weighted by molar-refractivity contribution is 6.31. The van der Waals surface area contributed by atoms with E-state index in [1.54, 1.807) is 6.07 Å². The lowest BCUT2D eigenvalue weighted by Crippen LogP contribution is -2.16. The minimum absolute atomic E-state index is 0.0656. The molecule has 0 radical (unpaired) electrons. The Kier molecular flexibility index (Phi) is 5.41. The molecule has 0 spiro atoms. The quantitative estimate of drug-likeness (QED) is 0.612. The Morgan fingerprint density at radius 1 is 1.33 bits per heavy atom. The molecule has 0 aliphatic heterocycles. The average molecular weight is 271 g/mol. The summed E-state index contributed by atoms with van der Waals surface area (Å²) in [6, 6.07) is 4.75. The van der Waals surface area contributed by atoms with Gasteiger partial charge >= 0.3 is 0 Å². The van der Waals surface area contributed by atoms with Crippen LogP contribution in [0.15, 0.2) is 18.2 Å². The highest BCUT2D eigenvalue weighted by Gasteiger charge is 2.15. The van der Waals surface area contributed by atoms with Gasteiger partial charge in [0.05, 0.1) is 4.92 Å². The largest absolute Gasteiger partial charge is 0.377 e. The number of anilines is 1. The molecule has 0 aromatic heterocycles. The molecule has 5 heteroatoms. The van der Waals surface area contributed by atoms with Crippen molar-refractivity contribution in [2.45, 2.75) is 39.7 Å². The lowest BCUT2D eigenvalue weighted by atomic mass is 10.0. The van der Waals surface area contributed by atoms with Crippen molar-refractivity contribution in [1.29, 1.82) is 0 Å². The van der Waals surface area contributed by atoms with Crippen LogP contribution in [-0.2, 0) is 0 Å². The second-order valence-corrected chi connectivity index (χ2v) is 5.37. The molecule has 1 rings (SSSR count). The summed E-state index contributed by atoms with van der Waals surface area (Å²) in [7, 11) is 0. The predicted octanol–water partition coefficient (Wildman–Crippen LogP) is 4.48. The van der Waals surface area contributed by atoms with Crippen LogP contribution in [0.25, 0.3) is 0 Å². The minimum Gasteiger partial charge on any atom is -0.377 e. The van der Waals surface area contributed by atoms with E-state index in [1.807, 2.05) is 6.92 Å². The highest BCUT2D eigenvalue weighted by Crippen LogP contribution is 2.28. The SMILES string of the molecule is CC(C)CCC(C)Nc1cc(Cl)ccc1[N+](=O)[O-]. The van der Waals surface area contributed by atoms with Crippen LogP contribution in [0.3, 0.4) is 0 Å². The first-order valence-electron chi connectivity index (χ1n) is 6.10. The predicted molar refractivity (Wildman–Crippen MR) is 75.3 cm³/mol. The third-order valence-corrected chi connectivity index (χ3v) is 2.97. The Morgan fingerprint density at radius 3 is 2.56 bits per heavy atom. The molecule has 1 aromatic carbocycles. The second-order valence-electron chi connectivity index (χ2n) is 4.94. The van der Waals surface area contributed by atoms with Gasteiger partial charge in [-0.05, 0) is 37.8 Å². The summed E-state index contributed by atoms with van der Waals surface area (Å²) in [6.45, 7) is 6.34. The molecule has 1 aromatic rings. The van der Waals surface area contributed by atoms with E-state index < -0.39 is 4.92 Å². The van der Waals surface area contributed by atoms with Gasteiger partial charge in [-0.2, -0.15) is 0 Å². The summed E-state index contributed by atoms with van der Waals surface area (Å²) in [6.07, 6.45) is 2.06. The van der Waals surface area contributed by atoms with Crippen LogP contribution in [0.5, 0.6) is 0 Å². The standard InChI is InChI=1S/C13H19ClN2O2/c1-9(2)4-5-10(3)15-12-8-11(14)6-7-13(12)16(17)18/h6-10,15H,4-5H2,1-3H3. The highest BCUT2D eigenvalue weighted by atomic mass is 35.5. The fraction of sp³-hybridized carbons (Fsp3) is 0.538. The Hall–Kier alpha value is -1.29. The van der Waals surface area contributed by atoms with Crippen LogP contribution in [0.4, 0.5) is 11.4 Å². The van der Waals surface area contributed by atoms with Crippen molar-refractivity contribution in [1.82, 2.24) is 0 Å². The van der Waals surface area contributed by atoms with Crippen LogP contribution in [0.2, 0.25) is 5.02 Å². The summed E-state index contributed by atoms with van der Waals surface area (Å²) in [5.74, 6) is 0.628. The van der Waals surface area contributed by atoms with Crippen molar-refractivity contribution in [3.05, 3.63) is 33.3 Å². The molecule has 0 aliphatic rings. The Bertz CT molecular complexity index is 421. The molecule has 0 fully saturated rings. The van der Waals surface area contributed by atoms with Gasteiger partial charge in [0, 0.05) is 17.1 Å². The summed E-state index contributed by atoms with van der Waals surface area (Å²) in [5.41, 5.74) is 0.555. The van der Waals surface area contributed by atoms with Crippen LogP contribution in [-0.4, -0.2) is 11.0 Å². The fourth-order valence-corrected chi connectivity index (χ4v) is 1.88. The van der Waals surface area contributed by atoms with Crippen molar-refractivity contribution in [3.63, 3.8) is 0 Å². The van der Waals surface area contributed by atoms with E-state index in [4.69, 9.17) is 11.6 Å². The zero-order chi connectivity index (χ0) is 13.7. The van der Waals surface area contributed by atoms with E-state index >= 15 is 0 Å². The van der Waals surface area contributed by atoms with E-state index in [0.29, 0.717) is 16.6 Å². The van der Waals surface area contributed by atoms with Gasteiger partial charge in [0.2, 0.25) is 0 Å². The number of nitro groups is 1. The van der Waals surface area contributed by atoms with Gasteiger partial charge in [0.1, 0.15) is 5.69 Å². The maximum Gasteiger partial charge on any atom is 0.292 e. The van der Waals surface area contributed by atoms with Crippen LogP contribution < -0.4 is 5.32 Å².